The number of hydrogen-bond acceptors (Lipinski definition) is 7. The molecule has 3 aliphatic heterocycles. The second-order valence-electron chi connectivity index (χ2n) is 12.4. The van der Waals surface area contributed by atoms with Gasteiger partial charge in [-0.3, -0.25) is 4.79 Å². The van der Waals surface area contributed by atoms with E-state index in [0.29, 0.717) is 44.0 Å². The van der Waals surface area contributed by atoms with Gasteiger partial charge in [0, 0.05) is 49.9 Å². The lowest BCUT2D eigenvalue weighted by Crippen LogP contribution is -2.56. The number of piperazine rings is 1. The number of hydrogen-bond donors (Lipinski definition) is 0. The number of carbonyl (C=O) groups is 1. The molecule has 4 atom stereocenters. The summed E-state index contributed by atoms with van der Waals surface area (Å²) < 4.78 is 6.53. The van der Waals surface area contributed by atoms with Gasteiger partial charge < -0.3 is 29.2 Å². The van der Waals surface area contributed by atoms with Gasteiger partial charge in [-0.1, -0.05) is 24.8 Å². The van der Waals surface area contributed by atoms with Gasteiger partial charge >= 0.3 is 6.01 Å². The van der Waals surface area contributed by atoms with Crippen LogP contribution in [0.1, 0.15) is 43.0 Å². The van der Waals surface area contributed by atoms with Crippen molar-refractivity contribution in [3.05, 3.63) is 65.2 Å². The molecule has 1 saturated carbocycles. The minimum Gasteiger partial charge on any atom is -0.460 e. The molecule has 1 aliphatic carbocycles. The lowest BCUT2D eigenvalue weighted by Gasteiger charge is -2.41. The zero-order valence-electron chi connectivity index (χ0n) is 25.0. The van der Waals surface area contributed by atoms with Crippen LogP contribution in [0.25, 0.3) is 4.85 Å². The van der Waals surface area contributed by atoms with E-state index in [1.165, 1.54) is 56.2 Å². The summed E-state index contributed by atoms with van der Waals surface area (Å²) in [6.07, 6.45) is 6.07. The van der Waals surface area contributed by atoms with Crippen molar-refractivity contribution in [3.8, 4) is 6.01 Å². The summed E-state index contributed by atoms with van der Waals surface area (Å²) in [4.78, 5) is 35.3. The standard InChI is InChI=1S/C33H43N7O2/c1-5-31(41)40-17-16-39(21-26(40)19-34-4)32-27-12-15-38(30-11-7-6-10-23(30)2)22-29(27)35-33(36-32)42-24(3)28-18-25(28)20-37-13-8-9-14-37/h5-7,10-11,24-26,28H,1,8-9,12-22H2,2-3H3/t24-,25?,26+,28?/m1/s1. The van der Waals surface area contributed by atoms with Gasteiger partial charge in [0.25, 0.3) is 0 Å². The van der Waals surface area contributed by atoms with Crippen molar-refractivity contribution in [2.45, 2.75) is 58.2 Å². The molecule has 1 aromatic heterocycles. The largest absolute Gasteiger partial charge is 0.460 e. The van der Waals surface area contributed by atoms with Gasteiger partial charge in [-0.15, -0.1) is 0 Å². The molecule has 2 aromatic rings. The smallest absolute Gasteiger partial charge is 0.318 e. The molecule has 0 spiro atoms. The number of anilines is 2. The number of aromatic nitrogens is 2. The molecule has 42 heavy (non-hydrogen) atoms. The first-order valence-electron chi connectivity index (χ1n) is 15.6. The number of amides is 1. The predicted molar refractivity (Wildman–Crippen MR) is 165 cm³/mol. The second kappa shape index (κ2) is 12.3. The van der Waals surface area contributed by atoms with Gasteiger partial charge in [0.1, 0.15) is 18.0 Å². The van der Waals surface area contributed by atoms with Crippen molar-refractivity contribution >= 4 is 17.4 Å². The molecule has 4 aliphatic rings. The second-order valence-corrected chi connectivity index (χ2v) is 12.4. The highest BCUT2D eigenvalue weighted by Crippen LogP contribution is 2.43. The Morgan fingerprint density at radius 3 is 2.74 bits per heavy atom. The predicted octanol–water partition coefficient (Wildman–Crippen LogP) is 3.97. The number of carbonyl (C=O) groups excluding carboxylic acids is 1. The van der Waals surface area contributed by atoms with E-state index < -0.39 is 0 Å². The Morgan fingerprint density at radius 1 is 1.17 bits per heavy atom. The maximum atomic E-state index is 12.5. The van der Waals surface area contributed by atoms with Crippen molar-refractivity contribution in [1.82, 2.24) is 19.8 Å². The highest BCUT2D eigenvalue weighted by atomic mass is 16.5. The van der Waals surface area contributed by atoms with Gasteiger partial charge in [-0.2, -0.15) is 9.97 Å². The number of ether oxygens (including phenoxy) is 1. The average molecular weight is 570 g/mol. The van der Waals surface area contributed by atoms with Crippen LogP contribution in [0.2, 0.25) is 0 Å². The van der Waals surface area contributed by atoms with Crippen LogP contribution in [0.5, 0.6) is 6.01 Å². The summed E-state index contributed by atoms with van der Waals surface area (Å²) in [7, 11) is 0. The summed E-state index contributed by atoms with van der Waals surface area (Å²) in [5.41, 5.74) is 4.65. The van der Waals surface area contributed by atoms with Gasteiger partial charge in [-0.25, -0.2) is 6.57 Å². The summed E-state index contributed by atoms with van der Waals surface area (Å²) in [6.45, 7) is 22.7. The van der Waals surface area contributed by atoms with Gasteiger partial charge in [-0.05, 0) is 76.2 Å². The van der Waals surface area contributed by atoms with Crippen LogP contribution < -0.4 is 14.5 Å². The van der Waals surface area contributed by atoms with E-state index in [1.54, 1.807) is 4.90 Å². The molecule has 222 valence electrons. The Morgan fingerprint density at radius 2 is 1.98 bits per heavy atom. The Balaban J connectivity index is 1.26. The van der Waals surface area contributed by atoms with Gasteiger partial charge in [0.2, 0.25) is 12.5 Å². The highest BCUT2D eigenvalue weighted by Gasteiger charge is 2.44. The fourth-order valence-electron chi connectivity index (χ4n) is 7.15. The molecule has 2 unspecified atom stereocenters. The van der Waals surface area contributed by atoms with Gasteiger partial charge in [0.15, 0.2) is 0 Å². The molecule has 9 nitrogen and oxygen atoms in total. The van der Waals surface area contributed by atoms with Crippen LogP contribution in [0.4, 0.5) is 11.5 Å². The Bertz CT molecular complexity index is 1350. The first kappa shape index (κ1) is 28.5. The van der Waals surface area contributed by atoms with E-state index in [0.717, 1.165) is 30.0 Å². The van der Waals surface area contributed by atoms with E-state index in [1.807, 2.05) is 0 Å². The topological polar surface area (TPSA) is 69.4 Å². The van der Waals surface area contributed by atoms with E-state index in [9.17, 15) is 4.79 Å². The van der Waals surface area contributed by atoms with Crippen molar-refractivity contribution in [2.75, 3.05) is 62.2 Å². The molecule has 2 saturated heterocycles. The minimum atomic E-state index is -0.208. The number of aryl methyl sites for hydroxylation is 1. The Labute approximate surface area is 250 Å². The van der Waals surface area contributed by atoms with E-state index >= 15 is 0 Å². The van der Waals surface area contributed by atoms with Crippen LogP contribution in [-0.4, -0.2) is 90.2 Å². The fourth-order valence-corrected chi connectivity index (χ4v) is 7.15. The molecular formula is C33H43N7O2. The first-order valence-corrected chi connectivity index (χ1v) is 15.6. The van der Waals surface area contributed by atoms with Crippen molar-refractivity contribution in [1.29, 1.82) is 0 Å². The normalized spacial score (nSPS) is 24.6. The maximum Gasteiger partial charge on any atom is 0.318 e. The summed E-state index contributed by atoms with van der Waals surface area (Å²) >= 11 is 0. The minimum absolute atomic E-state index is 0.0523. The molecule has 4 heterocycles. The fraction of sp³-hybridized carbons (Fsp3) is 0.576. The SMILES string of the molecule is [C-]#[N+]C[C@H]1CN(c2nc(O[C@H](C)C3CC3CN3CCCC3)nc3c2CCN(c2ccccc2C)C3)CCN1C(=O)C=C. The summed E-state index contributed by atoms with van der Waals surface area (Å²) in [6, 6.07) is 8.74. The molecular weight excluding hydrogens is 526 g/mol. The van der Waals surface area contributed by atoms with E-state index in [4.69, 9.17) is 21.3 Å². The Kier molecular flexibility index (Phi) is 8.34. The van der Waals surface area contributed by atoms with Crippen LogP contribution in [0.15, 0.2) is 36.9 Å². The van der Waals surface area contributed by atoms with Crippen LogP contribution in [0.3, 0.4) is 0 Å². The van der Waals surface area contributed by atoms with Crippen molar-refractivity contribution in [3.63, 3.8) is 0 Å². The summed E-state index contributed by atoms with van der Waals surface area (Å²) in [5, 5.41) is 0. The first-order chi connectivity index (χ1) is 20.4. The number of benzene rings is 1. The van der Waals surface area contributed by atoms with Crippen LogP contribution >= 0.6 is 0 Å². The Hall–Kier alpha value is -3.64. The number of nitrogens with zero attached hydrogens (tertiary/aromatic N) is 7. The number of likely N-dealkylation sites (tertiary alicyclic amines) is 1. The zero-order valence-corrected chi connectivity index (χ0v) is 25.0. The molecule has 9 heteroatoms. The van der Waals surface area contributed by atoms with E-state index in [-0.39, 0.29) is 24.6 Å². The monoisotopic (exact) mass is 569 g/mol. The average Bonchev–Trinajstić information content (AvgIpc) is 3.58. The van der Waals surface area contributed by atoms with Crippen LogP contribution in [-0.2, 0) is 17.8 Å². The molecule has 0 bridgehead atoms. The molecule has 1 aromatic carbocycles. The molecule has 3 fully saturated rings. The molecule has 0 radical (unpaired) electrons. The molecule has 6 rings (SSSR count). The third-order valence-electron chi connectivity index (χ3n) is 9.58. The van der Waals surface area contributed by atoms with Crippen LogP contribution in [0, 0.1) is 25.3 Å². The van der Waals surface area contributed by atoms with Gasteiger partial charge in [0.05, 0.1) is 12.2 Å². The quantitative estimate of drug-likeness (QED) is 0.334. The molecule has 1 amide bonds. The molecule has 0 N–H and O–H groups in total. The zero-order chi connectivity index (χ0) is 29.2. The van der Waals surface area contributed by atoms with Crippen molar-refractivity contribution < 1.29 is 9.53 Å². The number of para-hydroxylation sites is 1. The maximum absolute atomic E-state index is 12.5. The third kappa shape index (κ3) is 5.96. The summed E-state index contributed by atoms with van der Waals surface area (Å²) in [5.74, 6) is 2.01. The highest BCUT2D eigenvalue weighted by molar-refractivity contribution is 5.87. The third-order valence-corrected chi connectivity index (χ3v) is 9.58. The van der Waals surface area contributed by atoms with Crippen molar-refractivity contribution in [2.24, 2.45) is 11.8 Å². The lowest BCUT2D eigenvalue weighted by molar-refractivity contribution is -0.128. The number of rotatable bonds is 9. The lowest BCUT2D eigenvalue weighted by atomic mass is 10.0. The number of fused-ring (bicyclic) bond motifs is 1. The van der Waals surface area contributed by atoms with E-state index in [2.05, 4.69) is 64.2 Å².